The van der Waals surface area contributed by atoms with Crippen LogP contribution in [-0.4, -0.2) is 67.2 Å². The van der Waals surface area contributed by atoms with Gasteiger partial charge < -0.3 is 15.5 Å². The Morgan fingerprint density at radius 2 is 1.78 bits per heavy atom. The Balaban J connectivity index is 1.63. The highest BCUT2D eigenvalue weighted by Crippen LogP contribution is 2.26. The number of urea groups is 1. The zero-order valence-electron chi connectivity index (χ0n) is 11.8. The van der Waals surface area contributed by atoms with Crippen LogP contribution in [0.2, 0.25) is 0 Å². The van der Waals surface area contributed by atoms with E-state index in [1.54, 1.807) is 0 Å². The summed E-state index contributed by atoms with van der Waals surface area (Å²) in [6, 6.07) is 1.24. The van der Waals surface area contributed by atoms with E-state index in [4.69, 9.17) is 0 Å². The molecule has 2 rings (SSSR count). The predicted molar refractivity (Wildman–Crippen MR) is 72.7 cm³/mol. The Hall–Kier alpha value is -0.810. The quantitative estimate of drug-likeness (QED) is 0.770. The highest BCUT2D eigenvalue weighted by Gasteiger charge is 2.35. The van der Waals surface area contributed by atoms with Crippen LogP contribution in [0.5, 0.6) is 0 Å². The molecule has 1 saturated carbocycles. The van der Waals surface area contributed by atoms with Crippen LogP contribution in [0.3, 0.4) is 0 Å². The number of nitrogens with zero attached hydrogens (tertiary/aromatic N) is 2. The molecule has 0 unspecified atom stereocenters. The first-order valence-corrected chi connectivity index (χ1v) is 7.04. The van der Waals surface area contributed by atoms with Gasteiger partial charge in [-0.3, -0.25) is 4.90 Å². The predicted octanol–water partition coefficient (Wildman–Crippen LogP) is 0.472. The van der Waals surface area contributed by atoms with Gasteiger partial charge in [0.1, 0.15) is 0 Å². The summed E-state index contributed by atoms with van der Waals surface area (Å²) in [5.74, 6) is 0. The van der Waals surface area contributed by atoms with Gasteiger partial charge in [0.05, 0.1) is 0 Å². The van der Waals surface area contributed by atoms with Crippen LogP contribution >= 0.6 is 0 Å². The van der Waals surface area contributed by atoms with Crippen molar-refractivity contribution in [3.63, 3.8) is 0 Å². The maximum absolute atomic E-state index is 11.5. The lowest BCUT2D eigenvalue weighted by atomic mass is 9.85. The lowest BCUT2D eigenvalue weighted by molar-refractivity contribution is 0.0555. The molecule has 0 spiro atoms. The second-order valence-electron chi connectivity index (χ2n) is 5.93. The summed E-state index contributed by atoms with van der Waals surface area (Å²) < 4.78 is 0. The zero-order chi connectivity index (χ0) is 13.1. The van der Waals surface area contributed by atoms with E-state index in [2.05, 4.69) is 27.5 Å². The molecule has 0 radical (unpaired) electrons. The van der Waals surface area contributed by atoms with Crippen LogP contribution in [0.1, 0.15) is 26.7 Å². The molecule has 2 amide bonds. The van der Waals surface area contributed by atoms with Gasteiger partial charge in [-0.2, -0.15) is 0 Å². The summed E-state index contributed by atoms with van der Waals surface area (Å²) in [4.78, 5) is 16.5. The van der Waals surface area contributed by atoms with Crippen molar-refractivity contribution in [2.45, 2.75) is 44.8 Å². The van der Waals surface area contributed by atoms with E-state index in [0.717, 1.165) is 12.8 Å². The summed E-state index contributed by atoms with van der Waals surface area (Å²) >= 11 is 0. The van der Waals surface area contributed by atoms with Crippen molar-refractivity contribution in [2.24, 2.45) is 0 Å². The average Bonchev–Trinajstić information content (AvgIpc) is 2.23. The summed E-state index contributed by atoms with van der Waals surface area (Å²) in [5.41, 5.74) is 0. The number of nitrogens with one attached hydrogen (secondary N) is 2. The molecule has 2 aliphatic rings. The lowest BCUT2D eigenvalue weighted by Gasteiger charge is -2.46. The molecule has 0 atom stereocenters. The number of carbonyl (C=O) groups excluding carboxylic acids is 1. The minimum absolute atomic E-state index is 0.0215. The van der Waals surface area contributed by atoms with Crippen LogP contribution in [-0.2, 0) is 0 Å². The fourth-order valence-corrected chi connectivity index (χ4v) is 2.68. The first-order valence-electron chi connectivity index (χ1n) is 7.04. The maximum Gasteiger partial charge on any atom is 0.315 e. The lowest BCUT2D eigenvalue weighted by Crippen LogP contribution is -2.59. The molecule has 104 valence electrons. The van der Waals surface area contributed by atoms with Crippen molar-refractivity contribution in [3.8, 4) is 0 Å². The minimum atomic E-state index is -0.0215. The Kier molecular flexibility index (Phi) is 4.45. The second kappa shape index (κ2) is 5.89. The molecule has 0 bridgehead atoms. The molecule has 1 saturated heterocycles. The molecule has 0 aromatic carbocycles. The van der Waals surface area contributed by atoms with E-state index in [1.165, 1.54) is 26.2 Å². The van der Waals surface area contributed by atoms with E-state index in [0.29, 0.717) is 12.1 Å². The number of piperazine rings is 1. The van der Waals surface area contributed by atoms with Gasteiger partial charge in [0.2, 0.25) is 0 Å². The topological polar surface area (TPSA) is 47.6 Å². The van der Waals surface area contributed by atoms with Gasteiger partial charge in [0, 0.05) is 44.3 Å². The number of amides is 2. The van der Waals surface area contributed by atoms with Gasteiger partial charge in [-0.15, -0.1) is 0 Å². The third-order valence-electron chi connectivity index (χ3n) is 3.92. The minimum Gasteiger partial charge on any atom is -0.336 e. The van der Waals surface area contributed by atoms with Crippen molar-refractivity contribution >= 4 is 6.03 Å². The van der Waals surface area contributed by atoms with Crippen LogP contribution in [0, 0.1) is 0 Å². The molecular formula is C13H26N4O. The Labute approximate surface area is 110 Å². The number of carbonyl (C=O) groups is 1. The first-order chi connectivity index (χ1) is 8.54. The molecular weight excluding hydrogens is 228 g/mol. The number of likely N-dealkylation sites (N-methyl/N-ethyl adjacent to an activating group) is 1. The standard InChI is InChI=1S/C13H26N4O/c1-10(2)14-13(18)15-11-8-12(9-11)17-6-4-16(3)5-7-17/h10-12H,4-9H2,1-3H3,(H2,14,15,18). The molecule has 2 N–H and O–H groups in total. The average molecular weight is 254 g/mol. The summed E-state index contributed by atoms with van der Waals surface area (Å²) in [6.07, 6.45) is 2.21. The Morgan fingerprint density at radius 3 is 2.33 bits per heavy atom. The number of hydrogen-bond acceptors (Lipinski definition) is 3. The summed E-state index contributed by atoms with van der Waals surface area (Å²) in [7, 11) is 2.18. The summed E-state index contributed by atoms with van der Waals surface area (Å²) in [5, 5.41) is 5.91. The van der Waals surface area contributed by atoms with E-state index >= 15 is 0 Å². The van der Waals surface area contributed by atoms with Crippen molar-refractivity contribution in [1.29, 1.82) is 0 Å². The third-order valence-corrected chi connectivity index (χ3v) is 3.92. The van der Waals surface area contributed by atoms with Crippen molar-refractivity contribution in [2.75, 3.05) is 33.2 Å². The fraction of sp³-hybridized carbons (Fsp3) is 0.923. The highest BCUT2D eigenvalue weighted by atomic mass is 16.2. The SMILES string of the molecule is CC(C)NC(=O)NC1CC(N2CCN(C)CC2)C1. The fourth-order valence-electron chi connectivity index (χ4n) is 2.68. The van der Waals surface area contributed by atoms with Crippen LogP contribution in [0.4, 0.5) is 4.79 Å². The van der Waals surface area contributed by atoms with Crippen molar-refractivity contribution < 1.29 is 4.79 Å². The Bertz CT molecular complexity index is 281. The van der Waals surface area contributed by atoms with Gasteiger partial charge >= 0.3 is 6.03 Å². The molecule has 2 fully saturated rings. The number of hydrogen-bond donors (Lipinski definition) is 2. The second-order valence-corrected chi connectivity index (χ2v) is 5.93. The molecule has 18 heavy (non-hydrogen) atoms. The first kappa shape index (κ1) is 13.6. The molecule has 5 heteroatoms. The van der Waals surface area contributed by atoms with E-state index in [1.807, 2.05) is 13.8 Å². The van der Waals surface area contributed by atoms with Crippen LogP contribution < -0.4 is 10.6 Å². The normalized spacial score (nSPS) is 30.0. The smallest absolute Gasteiger partial charge is 0.315 e. The Morgan fingerprint density at radius 1 is 1.17 bits per heavy atom. The summed E-state index contributed by atoms with van der Waals surface area (Å²) in [6.45, 7) is 8.64. The van der Waals surface area contributed by atoms with Gasteiger partial charge in [-0.1, -0.05) is 0 Å². The van der Waals surface area contributed by atoms with Gasteiger partial charge in [-0.05, 0) is 33.7 Å². The van der Waals surface area contributed by atoms with E-state index < -0.39 is 0 Å². The zero-order valence-corrected chi connectivity index (χ0v) is 11.8. The van der Waals surface area contributed by atoms with Crippen molar-refractivity contribution in [3.05, 3.63) is 0 Å². The van der Waals surface area contributed by atoms with Crippen molar-refractivity contribution in [1.82, 2.24) is 20.4 Å². The highest BCUT2D eigenvalue weighted by molar-refractivity contribution is 5.74. The van der Waals surface area contributed by atoms with E-state index in [-0.39, 0.29) is 12.1 Å². The molecule has 1 heterocycles. The third kappa shape index (κ3) is 3.59. The molecule has 1 aliphatic heterocycles. The van der Waals surface area contributed by atoms with Gasteiger partial charge in [0.25, 0.3) is 0 Å². The monoisotopic (exact) mass is 254 g/mol. The number of rotatable bonds is 3. The molecule has 0 aromatic rings. The van der Waals surface area contributed by atoms with Crippen LogP contribution in [0.15, 0.2) is 0 Å². The largest absolute Gasteiger partial charge is 0.336 e. The maximum atomic E-state index is 11.5. The van der Waals surface area contributed by atoms with Crippen LogP contribution in [0.25, 0.3) is 0 Å². The van der Waals surface area contributed by atoms with E-state index in [9.17, 15) is 4.79 Å². The molecule has 0 aromatic heterocycles. The molecule has 5 nitrogen and oxygen atoms in total. The van der Waals surface area contributed by atoms with Gasteiger partial charge in [-0.25, -0.2) is 4.79 Å². The van der Waals surface area contributed by atoms with Gasteiger partial charge in [0.15, 0.2) is 0 Å². The molecule has 1 aliphatic carbocycles.